The molecule has 1 saturated heterocycles. The zero-order valence-electron chi connectivity index (χ0n) is 10.2. The lowest BCUT2D eigenvalue weighted by Crippen LogP contribution is -2.46. The number of nitrogens with zero attached hydrogens (tertiary/aromatic N) is 2. The maximum absolute atomic E-state index is 12.3. The van der Waals surface area contributed by atoms with Crippen molar-refractivity contribution in [2.75, 3.05) is 6.54 Å². The number of piperidine rings is 1. The minimum atomic E-state index is 0.0524. The Kier molecular flexibility index (Phi) is 3.82. The van der Waals surface area contributed by atoms with Gasteiger partial charge >= 0.3 is 0 Å². The SMILES string of the molecule is CC1CCCN(C(=O)c2ccc(Br)cn2)C1C. The number of pyridine rings is 1. The highest BCUT2D eigenvalue weighted by atomic mass is 79.9. The van der Waals surface area contributed by atoms with Crippen molar-refractivity contribution < 1.29 is 4.79 Å². The standard InChI is InChI=1S/C13H17BrN2O/c1-9-4-3-7-16(10(9)2)13(17)12-6-5-11(14)8-15-12/h5-6,8-10H,3-4,7H2,1-2H3. The fourth-order valence-corrected chi connectivity index (χ4v) is 2.51. The van der Waals surface area contributed by atoms with Crippen molar-refractivity contribution in [2.45, 2.75) is 32.7 Å². The monoisotopic (exact) mass is 296 g/mol. The van der Waals surface area contributed by atoms with E-state index >= 15 is 0 Å². The maximum atomic E-state index is 12.3. The molecule has 0 spiro atoms. The second-order valence-electron chi connectivity index (χ2n) is 4.72. The van der Waals surface area contributed by atoms with Crippen molar-refractivity contribution >= 4 is 21.8 Å². The molecule has 0 saturated carbocycles. The quantitative estimate of drug-likeness (QED) is 0.798. The predicted molar refractivity (Wildman–Crippen MR) is 70.8 cm³/mol. The number of likely N-dealkylation sites (tertiary alicyclic amines) is 1. The summed E-state index contributed by atoms with van der Waals surface area (Å²) >= 11 is 3.32. The Hall–Kier alpha value is -0.900. The number of carbonyl (C=O) groups excluding carboxylic acids is 1. The van der Waals surface area contributed by atoms with Crippen LogP contribution in [0.3, 0.4) is 0 Å². The van der Waals surface area contributed by atoms with Crippen molar-refractivity contribution in [3.05, 3.63) is 28.5 Å². The van der Waals surface area contributed by atoms with E-state index in [9.17, 15) is 4.79 Å². The Bertz CT molecular complexity index is 404. The van der Waals surface area contributed by atoms with Gasteiger partial charge in [0.05, 0.1) is 0 Å². The number of hydrogen-bond donors (Lipinski definition) is 0. The van der Waals surface area contributed by atoms with Crippen LogP contribution in [-0.4, -0.2) is 28.4 Å². The lowest BCUT2D eigenvalue weighted by molar-refractivity contribution is 0.0545. The zero-order valence-corrected chi connectivity index (χ0v) is 11.8. The Labute approximate surface area is 110 Å². The molecule has 17 heavy (non-hydrogen) atoms. The van der Waals surface area contributed by atoms with Crippen LogP contribution in [-0.2, 0) is 0 Å². The van der Waals surface area contributed by atoms with Gasteiger partial charge in [-0.05, 0) is 53.7 Å². The number of halogens is 1. The van der Waals surface area contributed by atoms with Crippen LogP contribution in [0.15, 0.2) is 22.8 Å². The summed E-state index contributed by atoms with van der Waals surface area (Å²) < 4.78 is 0.897. The van der Waals surface area contributed by atoms with Crippen LogP contribution < -0.4 is 0 Å². The molecule has 0 radical (unpaired) electrons. The van der Waals surface area contributed by atoms with E-state index in [0.29, 0.717) is 17.7 Å². The summed E-state index contributed by atoms with van der Waals surface area (Å²) in [6.45, 7) is 5.18. The van der Waals surface area contributed by atoms with E-state index in [0.717, 1.165) is 17.4 Å². The molecular formula is C13H17BrN2O. The molecule has 1 aromatic rings. The van der Waals surface area contributed by atoms with Crippen molar-refractivity contribution in [3.63, 3.8) is 0 Å². The number of aromatic nitrogens is 1. The minimum Gasteiger partial charge on any atom is -0.334 e. The van der Waals surface area contributed by atoms with Gasteiger partial charge < -0.3 is 4.90 Å². The van der Waals surface area contributed by atoms with E-state index < -0.39 is 0 Å². The highest BCUT2D eigenvalue weighted by Gasteiger charge is 2.29. The summed E-state index contributed by atoms with van der Waals surface area (Å²) in [5.41, 5.74) is 0.536. The molecule has 2 unspecified atom stereocenters. The molecule has 0 bridgehead atoms. The Morgan fingerprint density at radius 1 is 1.47 bits per heavy atom. The molecule has 1 aromatic heterocycles. The second kappa shape index (κ2) is 5.17. The Morgan fingerprint density at radius 3 is 2.88 bits per heavy atom. The van der Waals surface area contributed by atoms with E-state index in [1.807, 2.05) is 11.0 Å². The molecule has 2 heterocycles. The highest BCUT2D eigenvalue weighted by Crippen LogP contribution is 2.24. The highest BCUT2D eigenvalue weighted by molar-refractivity contribution is 9.10. The molecule has 4 heteroatoms. The van der Waals surface area contributed by atoms with E-state index in [1.165, 1.54) is 6.42 Å². The fraction of sp³-hybridized carbons (Fsp3) is 0.538. The average molecular weight is 297 g/mol. The number of hydrogen-bond acceptors (Lipinski definition) is 2. The van der Waals surface area contributed by atoms with Gasteiger partial charge in [0.25, 0.3) is 5.91 Å². The molecule has 1 aliphatic heterocycles. The van der Waals surface area contributed by atoms with E-state index in [1.54, 1.807) is 12.3 Å². The van der Waals surface area contributed by atoms with Gasteiger partial charge in [0.15, 0.2) is 0 Å². The molecule has 0 aromatic carbocycles. The first-order chi connectivity index (χ1) is 8.09. The van der Waals surface area contributed by atoms with Gasteiger partial charge in [0.1, 0.15) is 5.69 Å². The van der Waals surface area contributed by atoms with Crippen LogP contribution >= 0.6 is 15.9 Å². The van der Waals surface area contributed by atoms with Crippen molar-refractivity contribution in [3.8, 4) is 0 Å². The van der Waals surface area contributed by atoms with Gasteiger partial charge in [-0.25, -0.2) is 4.98 Å². The van der Waals surface area contributed by atoms with Gasteiger partial charge in [-0.3, -0.25) is 4.79 Å². The van der Waals surface area contributed by atoms with Crippen LogP contribution in [0.4, 0.5) is 0 Å². The predicted octanol–water partition coefficient (Wildman–Crippen LogP) is 3.10. The first-order valence-corrected chi connectivity index (χ1v) is 6.81. The molecular weight excluding hydrogens is 280 g/mol. The summed E-state index contributed by atoms with van der Waals surface area (Å²) in [7, 11) is 0. The van der Waals surface area contributed by atoms with Gasteiger partial charge in [-0.2, -0.15) is 0 Å². The maximum Gasteiger partial charge on any atom is 0.272 e. The lowest BCUT2D eigenvalue weighted by atomic mass is 9.92. The molecule has 92 valence electrons. The first-order valence-electron chi connectivity index (χ1n) is 6.02. The normalized spacial score (nSPS) is 24.8. The molecule has 2 atom stereocenters. The second-order valence-corrected chi connectivity index (χ2v) is 5.64. The summed E-state index contributed by atoms with van der Waals surface area (Å²) in [5, 5.41) is 0. The molecule has 0 N–H and O–H groups in total. The molecule has 1 amide bonds. The third kappa shape index (κ3) is 2.68. The fourth-order valence-electron chi connectivity index (χ4n) is 2.27. The molecule has 2 rings (SSSR count). The van der Waals surface area contributed by atoms with Crippen molar-refractivity contribution in [2.24, 2.45) is 5.92 Å². The van der Waals surface area contributed by atoms with Crippen LogP contribution in [0.2, 0.25) is 0 Å². The topological polar surface area (TPSA) is 33.2 Å². The van der Waals surface area contributed by atoms with Crippen LogP contribution in [0.5, 0.6) is 0 Å². The van der Waals surface area contributed by atoms with E-state index in [4.69, 9.17) is 0 Å². The van der Waals surface area contributed by atoms with Gasteiger partial charge in [0.2, 0.25) is 0 Å². The summed E-state index contributed by atoms with van der Waals surface area (Å²) in [5.74, 6) is 0.625. The Balaban J connectivity index is 2.16. The van der Waals surface area contributed by atoms with Crippen LogP contribution in [0, 0.1) is 5.92 Å². The van der Waals surface area contributed by atoms with Crippen molar-refractivity contribution in [1.82, 2.24) is 9.88 Å². The number of carbonyl (C=O) groups is 1. The first kappa shape index (κ1) is 12.6. The molecule has 1 fully saturated rings. The van der Waals surface area contributed by atoms with E-state index in [2.05, 4.69) is 34.8 Å². The summed E-state index contributed by atoms with van der Waals surface area (Å²) in [6.07, 6.45) is 3.97. The smallest absolute Gasteiger partial charge is 0.272 e. The number of amides is 1. The van der Waals surface area contributed by atoms with E-state index in [-0.39, 0.29) is 5.91 Å². The zero-order chi connectivity index (χ0) is 12.4. The summed E-state index contributed by atoms with van der Waals surface area (Å²) in [6, 6.07) is 3.94. The number of rotatable bonds is 1. The summed E-state index contributed by atoms with van der Waals surface area (Å²) in [4.78, 5) is 18.4. The van der Waals surface area contributed by atoms with Gasteiger partial charge in [0, 0.05) is 23.3 Å². The molecule has 1 aliphatic rings. The van der Waals surface area contributed by atoms with Gasteiger partial charge in [-0.1, -0.05) is 6.92 Å². The average Bonchev–Trinajstić information content (AvgIpc) is 2.33. The van der Waals surface area contributed by atoms with Crippen LogP contribution in [0.1, 0.15) is 37.2 Å². The third-order valence-corrected chi connectivity index (χ3v) is 4.05. The minimum absolute atomic E-state index is 0.0524. The molecule has 3 nitrogen and oxygen atoms in total. The molecule has 0 aliphatic carbocycles. The Morgan fingerprint density at radius 2 is 2.24 bits per heavy atom. The van der Waals surface area contributed by atoms with Gasteiger partial charge in [-0.15, -0.1) is 0 Å². The van der Waals surface area contributed by atoms with Crippen molar-refractivity contribution in [1.29, 1.82) is 0 Å². The van der Waals surface area contributed by atoms with Crippen LogP contribution in [0.25, 0.3) is 0 Å². The lowest BCUT2D eigenvalue weighted by Gasteiger charge is -2.37. The third-order valence-electron chi connectivity index (χ3n) is 3.58. The largest absolute Gasteiger partial charge is 0.334 e.